The first-order valence-electron chi connectivity index (χ1n) is 9.19. The van der Waals surface area contributed by atoms with Crippen LogP contribution in [0.5, 0.6) is 5.75 Å². The van der Waals surface area contributed by atoms with Crippen LogP contribution in [0.1, 0.15) is 29.5 Å². The molecule has 4 nitrogen and oxygen atoms in total. The number of hydrogen-bond acceptors (Lipinski definition) is 3. The predicted octanol–water partition coefficient (Wildman–Crippen LogP) is 3.55. The zero-order chi connectivity index (χ0) is 18.4. The summed E-state index contributed by atoms with van der Waals surface area (Å²) in [5.74, 6) is 0.677. The molecule has 1 saturated heterocycles. The van der Waals surface area contributed by atoms with Crippen LogP contribution in [0.15, 0.2) is 48.5 Å². The molecule has 1 heterocycles. The molecule has 1 fully saturated rings. The van der Waals surface area contributed by atoms with E-state index in [-0.39, 0.29) is 17.9 Å². The average Bonchev–Trinajstić information content (AvgIpc) is 2.68. The van der Waals surface area contributed by atoms with Crippen LogP contribution in [-0.2, 0) is 14.9 Å². The third-order valence-electron chi connectivity index (χ3n) is 5.16. The minimum absolute atomic E-state index is 0.0334. The maximum absolute atomic E-state index is 12.4. The van der Waals surface area contributed by atoms with Crippen LogP contribution < -0.4 is 10.1 Å². The van der Waals surface area contributed by atoms with E-state index in [0.717, 1.165) is 42.9 Å². The van der Waals surface area contributed by atoms with Gasteiger partial charge in [0.05, 0.1) is 0 Å². The van der Waals surface area contributed by atoms with Gasteiger partial charge in [0.1, 0.15) is 5.75 Å². The van der Waals surface area contributed by atoms with Crippen molar-refractivity contribution in [2.24, 2.45) is 0 Å². The molecule has 138 valence electrons. The van der Waals surface area contributed by atoms with Crippen LogP contribution in [0.2, 0.25) is 0 Å². The second-order valence-corrected chi connectivity index (χ2v) is 7.09. The summed E-state index contributed by atoms with van der Waals surface area (Å²) in [6.45, 7) is 6.09. The van der Waals surface area contributed by atoms with Gasteiger partial charge in [-0.05, 0) is 49.4 Å². The molecule has 1 N–H and O–H groups in total. The van der Waals surface area contributed by atoms with Crippen molar-refractivity contribution in [3.63, 3.8) is 0 Å². The fourth-order valence-electron chi connectivity index (χ4n) is 3.45. The third-order valence-corrected chi connectivity index (χ3v) is 5.16. The van der Waals surface area contributed by atoms with Crippen molar-refractivity contribution in [1.82, 2.24) is 5.32 Å². The molecule has 1 aliphatic heterocycles. The quantitative estimate of drug-likeness (QED) is 0.864. The maximum atomic E-state index is 12.4. The molecule has 4 heteroatoms. The van der Waals surface area contributed by atoms with E-state index in [2.05, 4.69) is 29.6 Å². The fraction of sp³-hybridized carbons (Fsp3) is 0.409. The van der Waals surface area contributed by atoms with Gasteiger partial charge in [0.2, 0.25) is 0 Å². The van der Waals surface area contributed by atoms with Crippen molar-refractivity contribution >= 4 is 5.91 Å². The van der Waals surface area contributed by atoms with Crippen molar-refractivity contribution in [3.8, 4) is 5.75 Å². The largest absolute Gasteiger partial charge is 0.483 e. The molecule has 0 radical (unpaired) electrons. The molecule has 2 aromatic carbocycles. The van der Waals surface area contributed by atoms with Gasteiger partial charge in [0.15, 0.2) is 6.61 Å². The smallest absolute Gasteiger partial charge is 0.257 e. The van der Waals surface area contributed by atoms with E-state index >= 15 is 0 Å². The lowest BCUT2D eigenvalue weighted by molar-refractivity contribution is -0.123. The molecule has 0 spiro atoms. The van der Waals surface area contributed by atoms with Gasteiger partial charge < -0.3 is 14.8 Å². The Morgan fingerprint density at radius 1 is 1.12 bits per heavy atom. The van der Waals surface area contributed by atoms with Gasteiger partial charge >= 0.3 is 0 Å². The van der Waals surface area contributed by atoms with Gasteiger partial charge in [0, 0.05) is 25.2 Å². The van der Waals surface area contributed by atoms with E-state index in [9.17, 15) is 4.79 Å². The Bertz CT molecular complexity index is 736. The number of nitrogens with one attached hydrogen (secondary N) is 1. The van der Waals surface area contributed by atoms with Crippen molar-refractivity contribution in [2.75, 3.05) is 26.4 Å². The van der Waals surface area contributed by atoms with Crippen LogP contribution in [-0.4, -0.2) is 32.3 Å². The molecule has 0 bridgehead atoms. The number of carbonyl (C=O) groups excluding carboxylic acids is 1. The molecule has 3 rings (SSSR count). The highest BCUT2D eigenvalue weighted by Gasteiger charge is 2.34. The van der Waals surface area contributed by atoms with E-state index < -0.39 is 0 Å². The SMILES string of the molecule is Cc1ccc(C)c(OCC(=O)NCC2(c3ccccc3)CCOCC2)c1. The van der Waals surface area contributed by atoms with Crippen LogP contribution in [0.4, 0.5) is 0 Å². The maximum Gasteiger partial charge on any atom is 0.257 e. The Balaban J connectivity index is 1.60. The summed E-state index contributed by atoms with van der Waals surface area (Å²) < 4.78 is 11.3. The van der Waals surface area contributed by atoms with Crippen LogP contribution in [0, 0.1) is 13.8 Å². The van der Waals surface area contributed by atoms with Gasteiger partial charge in [-0.1, -0.05) is 42.5 Å². The highest BCUT2D eigenvalue weighted by molar-refractivity contribution is 5.77. The Morgan fingerprint density at radius 2 is 1.85 bits per heavy atom. The summed E-state index contributed by atoms with van der Waals surface area (Å²) in [6.07, 6.45) is 1.82. The summed E-state index contributed by atoms with van der Waals surface area (Å²) >= 11 is 0. The van der Waals surface area contributed by atoms with Crippen LogP contribution in [0.3, 0.4) is 0 Å². The van der Waals surface area contributed by atoms with E-state index in [1.165, 1.54) is 5.56 Å². The molecular weight excluding hydrogens is 326 g/mol. The summed E-state index contributed by atoms with van der Waals surface area (Å²) in [5.41, 5.74) is 3.36. The molecule has 2 aromatic rings. The fourth-order valence-corrected chi connectivity index (χ4v) is 3.45. The highest BCUT2D eigenvalue weighted by atomic mass is 16.5. The lowest BCUT2D eigenvalue weighted by Gasteiger charge is -2.38. The lowest BCUT2D eigenvalue weighted by atomic mass is 9.74. The molecule has 0 saturated carbocycles. The van der Waals surface area contributed by atoms with E-state index in [0.29, 0.717) is 6.54 Å². The van der Waals surface area contributed by atoms with Crippen molar-refractivity contribution in [3.05, 3.63) is 65.2 Å². The summed E-state index contributed by atoms with van der Waals surface area (Å²) in [5, 5.41) is 3.08. The zero-order valence-electron chi connectivity index (χ0n) is 15.6. The summed E-state index contributed by atoms with van der Waals surface area (Å²) in [4.78, 5) is 12.4. The minimum atomic E-state index is -0.0901. The van der Waals surface area contributed by atoms with Gasteiger partial charge in [-0.3, -0.25) is 4.79 Å². The molecule has 0 aromatic heterocycles. The average molecular weight is 353 g/mol. The zero-order valence-corrected chi connectivity index (χ0v) is 15.6. The number of amides is 1. The van der Waals surface area contributed by atoms with E-state index in [4.69, 9.17) is 9.47 Å². The molecule has 0 aliphatic carbocycles. The predicted molar refractivity (Wildman–Crippen MR) is 103 cm³/mol. The topological polar surface area (TPSA) is 47.6 Å². The second kappa shape index (κ2) is 8.37. The first kappa shape index (κ1) is 18.5. The Hall–Kier alpha value is -2.33. The number of benzene rings is 2. The van der Waals surface area contributed by atoms with Crippen LogP contribution >= 0.6 is 0 Å². The standard InChI is InChI=1S/C22H27NO3/c1-17-8-9-18(2)20(14-17)26-15-21(24)23-16-22(10-12-25-13-11-22)19-6-4-3-5-7-19/h3-9,14H,10-13,15-16H2,1-2H3,(H,23,24). The minimum Gasteiger partial charge on any atom is -0.483 e. The Kier molecular flexibility index (Phi) is 5.94. The van der Waals surface area contributed by atoms with Crippen molar-refractivity contribution in [2.45, 2.75) is 32.1 Å². The van der Waals surface area contributed by atoms with Gasteiger partial charge in [-0.2, -0.15) is 0 Å². The normalized spacial score (nSPS) is 16.1. The van der Waals surface area contributed by atoms with Gasteiger partial charge in [-0.15, -0.1) is 0 Å². The lowest BCUT2D eigenvalue weighted by Crippen LogP contribution is -2.45. The third kappa shape index (κ3) is 4.44. The molecular formula is C22H27NO3. The van der Waals surface area contributed by atoms with E-state index in [1.807, 2.05) is 38.1 Å². The Labute approximate surface area is 155 Å². The van der Waals surface area contributed by atoms with Gasteiger partial charge in [-0.25, -0.2) is 0 Å². The van der Waals surface area contributed by atoms with Crippen LogP contribution in [0.25, 0.3) is 0 Å². The summed E-state index contributed by atoms with van der Waals surface area (Å²) in [7, 11) is 0. The molecule has 1 aliphatic rings. The number of carbonyl (C=O) groups is 1. The Morgan fingerprint density at radius 3 is 2.58 bits per heavy atom. The first-order valence-corrected chi connectivity index (χ1v) is 9.19. The van der Waals surface area contributed by atoms with E-state index in [1.54, 1.807) is 0 Å². The number of hydrogen-bond donors (Lipinski definition) is 1. The molecule has 0 unspecified atom stereocenters. The molecule has 0 atom stereocenters. The summed E-state index contributed by atoms with van der Waals surface area (Å²) in [6, 6.07) is 16.4. The monoisotopic (exact) mass is 353 g/mol. The highest BCUT2D eigenvalue weighted by Crippen LogP contribution is 2.34. The van der Waals surface area contributed by atoms with Crippen molar-refractivity contribution in [1.29, 1.82) is 0 Å². The van der Waals surface area contributed by atoms with Crippen molar-refractivity contribution < 1.29 is 14.3 Å². The first-order chi connectivity index (χ1) is 12.6. The second-order valence-electron chi connectivity index (χ2n) is 7.09. The molecule has 1 amide bonds. The molecule has 26 heavy (non-hydrogen) atoms. The number of aryl methyl sites for hydroxylation is 2. The van der Waals surface area contributed by atoms with Gasteiger partial charge in [0.25, 0.3) is 5.91 Å². The number of ether oxygens (including phenoxy) is 2. The number of rotatable bonds is 6.